The van der Waals surface area contributed by atoms with Crippen molar-refractivity contribution in [2.45, 2.75) is 5.41 Å². The smallest absolute Gasteiger partial charge is 0.140 e. The molecular formula is C61H36O2. The van der Waals surface area contributed by atoms with Gasteiger partial charge >= 0.3 is 0 Å². The van der Waals surface area contributed by atoms with Gasteiger partial charge in [0, 0.05) is 27.8 Å². The van der Waals surface area contributed by atoms with Crippen LogP contribution < -0.4 is 9.47 Å². The van der Waals surface area contributed by atoms with Crippen LogP contribution in [0, 0.1) is 0 Å². The molecule has 4 aliphatic rings. The molecule has 0 atom stereocenters. The first-order valence-corrected chi connectivity index (χ1v) is 21.8. The lowest BCUT2D eigenvalue weighted by molar-refractivity contribution is 0.400. The molecule has 0 saturated carbocycles. The maximum Gasteiger partial charge on any atom is 0.140 e. The molecule has 2 aliphatic carbocycles. The number of fused-ring (bicyclic) bond motifs is 18. The van der Waals surface area contributed by atoms with E-state index < -0.39 is 5.41 Å². The highest BCUT2D eigenvalue weighted by Crippen LogP contribution is 2.62. The second kappa shape index (κ2) is 12.9. The third kappa shape index (κ3) is 4.62. The summed E-state index contributed by atoms with van der Waals surface area (Å²) < 4.78 is 13.8. The number of para-hydroxylation sites is 4. The molecule has 292 valence electrons. The van der Waals surface area contributed by atoms with Gasteiger partial charge in [-0.1, -0.05) is 194 Å². The van der Waals surface area contributed by atoms with Gasteiger partial charge < -0.3 is 9.47 Å². The number of benzene rings is 10. The van der Waals surface area contributed by atoms with Crippen LogP contribution in [0.4, 0.5) is 0 Å². The molecule has 0 amide bonds. The summed E-state index contributed by atoms with van der Waals surface area (Å²) in [6, 6.07) is 79.9. The van der Waals surface area contributed by atoms with Crippen LogP contribution in [-0.2, 0) is 5.41 Å². The van der Waals surface area contributed by atoms with E-state index in [9.17, 15) is 0 Å². The van der Waals surface area contributed by atoms with Gasteiger partial charge in [0.15, 0.2) is 0 Å². The third-order valence-electron chi connectivity index (χ3n) is 14.0. The van der Waals surface area contributed by atoms with Gasteiger partial charge in [0.25, 0.3) is 0 Å². The molecule has 0 bridgehead atoms. The first kappa shape index (κ1) is 34.5. The molecule has 10 aromatic carbocycles. The molecule has 0 unspecified atom stereocenters. The molecule has 63 heavy (non-hydrogen) atoms. The summed E-state index contributed by atoms with van der Waals surface area (Å²) >= 11 is 0. The van der Waals surface area contributed by atoms with Crippen LogP contribution in [0.5, 0.6) is 23.0 Å². The molecule has 14 rings (SSSR count). The lowest BCUT2D eigenvalue weighted by Gasteiger charge is -2.45. The fourth-order valence-corrected chi connectivity index (χ4v) is 11.4. The van der Waals surface area contributed by atoms with Crippen molar-refractivity contribution in [2.24, 2.45) is 0 Å². The topological polar surface area (TPSA) is 18.5 Å². The number of hydrogen-bond acceptors (Lipinski definition) is 2. The third-order valence-corrected chi connectivity index (χ3v) is 14.0. The average molecular weight is 801 g/mol. The van der Waals surface area contributed by atoms with Gasteiger partial charge in [-0.2, -0.15) is 0 Å². The molecule has 0 aromatic heterocycles. The average Bonchev–Trinajstić information content (AvgIpc) is 3.35. The van der Waals surface area contributed by atoms with E-state index >= 15 is 0 Å². The Labute approximate surface area is 363 Å². The van der Waals surface area contributed by atoms with Crippen molar-refractivity contribution in [1.29, 1.82) is 0 Å². The zero-order valence-corrected chi connectivity index (χ0v) is 34.1. The highest BCUT2D eigenvalue weighted by atomic mass is 16.5. The van der Waals surface area contributed by atoms with Crippen molar-refractivity contribution >= 4 is 64.6 Å². The van der Waals surface area contributed by atoms with Crippen molar-refractivity contribution < 1.29 is 9.47 Å². The highest BCUT2D eigenvalue weighted by Gasteiger charge is 2.50. The van der Waals surface area contributed by atoms with Crippen molar-refractivity contribution in [3.05, 3.63) is 241 Å². The van der Waals surface area contributed by atoms with E-state index in [1.165, 1.54) is 75.8 Å². The molecule has 0 fully saturated rings. The van der Waals surface area contributed by atoms with E-state index in [4.69, 9.17) is 9.47 Å². The zero-order valence-electron chi connectivity index (χ0n) is 34.1. The van der Waals surface area contributed by atoms with Crippen LogP contribution >= 0.6 is 0 Å². The van der Waals surface area contributed by atoms with E-state index in [0.717, 1.165) is 56.4 Å². The molecule has 2 heteroatoms. The minimum Gasteiger partial charge on any atom is -0.457 e. The second-order valence-corrected chi connectivity index (χ2v) is 17.0. The summed E-state index contributed by atoms with van der Waals surface area (Å²) in [5, 5.41) is 14.7. The van der Waals surface area contributed by atoms with Crippen molar-refractivity contribution in [2.75, 3.05) is 0 Å². The molecule has 2 aliphatic heterocycles. The van der Waals surface area contributed by atoms with E-state index in [2.05, 4.69) is 218 Å². The minimum absolute atomic E-state index is 0.673. The Balaban J connectivity index is 1.14. The summed E-state index contributed by atoms with van der Waals surface area (Å²) in [5.41, 5.74) is 8.39. The Hall–Kier alpha value is -8.20. The second-order valence-electron chi connectivity index (χ2n) is 17.0. The van der Waals surface area contributed by atoms with Crippen LogP contribution in [0.1, 0.15) is 22.3 Å². The lowest BCUT2D eigenvalue weighted by Crippen LogP contribution is -2.36. The zero-order chi connectivity index (χ0) is 41.2. The summed E-state index contributed by atoms with van der Waals surface area (Å²) in [5.74, 6) is 3.41. The Morgan fingerprint density at radius 2 is 0.603 bits per heavy atom. The molecular weight excluding hydrogens is 765 g/mol. The van der Waals surface area contributed by atoms with Gasteiger partial charge in [0.1, 0.15) is 23.0 Å². The predicted molar refractivity (Wildman–Crippen MR) is 261 cm³/mol. The summed E-state index contributed by atoms with van der Waals surface area (Å²) in [6.45, 7) is 0. The quantitative estimate of drug-likeness (QED) is 0.165. The molecule has 0 saturated heterocycles. The summed E-state index contributed by atoms with van der Waals surface area (Å²) in [6.07, 6.45) is 0. The molecule has 2 nitrogen and oxygen atoms in total. The predicted octanol–water partition coefficient (Wildman–Crippen LogP) is 16.5. The van der Waals surface area contributed by atoms with Crippen molar-refractivity contribution in [3.63, 3.8) is 0 Å². The van der Waals surface area contributed by atoms with Gasteiger partial charge in [0.05, 0.1) is 5.41 Å². The van der Waals surface area contributed by atoms with Gasteiger partial charge in [-0.25, -0.2) is 0 Å². The minimum atomic E-state index is -0.673. The Morgan fingerprint density at radius 1 is 0.254 bits per heavy atom. The summed E-state index contributed by atoms with van der Waals surface area (Å²) in [7, 11) is 0. The van der Waals surface area contributed by atoms with E-state index in [1.807, 2.05) is 0 Å². The molecule has 2 heterocycles. The molecule has 1 spiro atoms. The van der Waals surface area contributed by atoms with Crippen LogP contribution in [0.15, 0.2) is 218 Å². The number of hydrogen-bond donors (Lipinski definition) is 0. The Morgan fingerprint density at radius 3 is 1.10 bits per heavy atom. The fourth-order valence-electron chi connectivity index (χ4n) is 11.4. The van der Waals surface area contributed by atoms with Gasteiger partial charge in [-0.05, 0) is 106 Å². The van der Waals surface area contributed by atoms with E-state index in [-0.39, 0.29) is 0 Å². The fraction of sp³-hybridized carbons (Fsp3) is 0.0164. The first-order chi connectivity index (χ1) is 31.3. The maximum absolute atomic E-state index is 7.19. The van der Waals surface area contributed by atoms with Gasteiger partial charge in [-0.15, -0.1) is 0 Å². The normalized spacial score (nSPS) is 13.5. The van der Waals surface area contributed by atoms with Gasteiger partial charge in [-0.3, -0.25) is 0 Å². The Bertz CT molecular complexity index is 3870. The summed E-state index contributed by atoms with van der Waals surface area (Å²) in [4.78, 5) is 0. The van der Waals surface area contributed by atoms with Crippen LogP contribution in [0.25, 0.3) is 86.9 Å². The number of ether oxygens (including phenoxy) is 2. The number of rotatable bonds is 1. The molecule has 0 radical (unpaired) electrons. The lowest BCUT2D eigenvalue weighted by atomic mass is 9.62. The van der Waals surface area contributed by atoms with Gasteiger partial charge in [0.2, 0.25) is 0 Å². The largest absolute Gasteiger partial charge is 0.457 e. The first-order valence-electron chi connectivity index (χ1n) is 21.8. The SMILES string of the molecule is c1ccc2c(c1)Oc1ccccc1C21c2ccccc2Oc2c(-c3ccc4c(c3)c3cccc5c3-c3c(cccc3c3ccccc34)c3ccccc3c3ccccc53)cccc21. The molecule has 0 N–H and O–H groups in total. The monoisotopic (exact) mass is 800 g/mol. The maximum atomic E-state index is 7.19. The van der Waals surface area contributed by atoms with E-state index in [0.29, 0.717) is 0 Å². The van der Waals surface area contributed by atoms with E-state index in [1.54, 1.807) is 0 Å². The highest BCUT2D eigenvalue weighted by molar-refractivity contribution is 6.31. The molecule has 10 aromatic rings. The Kier molecular flexibility index (Phi) is 7.07. The van der Waals surface area contributed by atoms with Crippen LogP contribution in [-0.4, -0.2) is 0 Å². The standard InChI is InChI=1S/C61H36O2/c1-4-19-42-39(16-1)40-17-2-5-20-43(40)48-25-14-26-49-50-36-37(34-35-45(50)41-18-3-6-21-44(41)47-24-13-23-46(42)58(47)59(48)49)38-22-15-30-54-60(38)63-57-33-12-9-29-53(57)61(54)51-27-7-10-31-55(51)62-56-32-11-8-28-52(56)61/h1-36H. The van der Waals surface area contributed by atoms with Crippen LogP contribution in [0.3, 0.4) is 0 Å². The van der Waals surface area contributed by atoms with Crippen molar-refractivity contribution in [3.8, 4) is 45.3 Å². The van der Waals surface area contributed by atoms with Crippen LogP contribution in [0.2, 0.25) is 0 Å². The van der Waals surface area contributed by atoms with Crippen molar-refractivity contribution in [1.82, 2.24) is 0 Å².